The fourth-order valence-electron chi connectivity index (χ4n) is 0.738. The minimum atomic E-state index is -0.633. The maximum atomic E-state index is 10.6. The van der Waals surface area contributed by atoms with Crippen molar-refractivity contribution in [3.8, 4) is 0 Å². The average Bonchev–Trinajstić information content (AvgIpc) is 2.36. The van der Waals surface area contributed by atoms with E-state index in [1.165, 1.54) is 11.5 Å². The molecule has 0 aliphatic heterocycles. The zero-order chi connectivity index (χ0) is 9.14. The smallest absolute Gasteiger partial charge is 0.234 e. The lowest BCUT2D eigenvalue weighted by Gasteiger charge is -2.03. The Labute approximate surface area is 73.9 Å². The highest BCUT2D eigenvalue weighted by Crippen LogP contribution is 2.10. The van der Waals surface area contributed by atoms with Crippen LogP contribution in [0.3, 0.4) is 0 Å². The van der Waals surface area contributed by atoms with Crippen LogP contribution in [0.1, 0.15) is 10.6 Å². The highest BCUT2D eigenvalue weighted by Gasteiger charge is 2.13. The molecule has 0 saturated carbocycles. The number of carbonyl (C=O) groups excluding carboxylic acids is 1. The molecule has 1 amide bonds. The molecule has 1 atom stereocenters. The van der Waals surface area contributed by atoms with Gasteiger partial charge in [-0.25, -0.2) is 0 Å². The number of carbonyl (C=O) groups is 1. The van der Waals surface area contributed by atoms with Crippen molar-refractivity contribution in [2.45, 2.75) is 19.4 Å². The molecule has 0 radical (unpaired) electrons. The van der Waals surface area contributed by atoms with E-state index in [1.54, 1.807) is 0 Å². The molecular formula is C6H10N4OS. The molecule has 0 bridgehead atoms. The van der Waals surface area contributed by atoms with Gasteiger partial charge in [0.2, 0.25) is 5.91 Å². The second kappa shape index (κ2) is 3.59. The summed E-state index contributed by atoms with van der Waals surface area (Å²) in [4.78, 5) is 11.5. The second-order valence-electron chi connectivity index (χ2n) is 2.49. The van der Waals surface area contributed by atoms with Crippen LogP contribution in [0, 0.1) is 6.92 Å². The Hall–Kier alpha value is -1.01. The molecule has 6 heteroatoms. The van der Waals surface area contributed by atoms with Crippen LogP contribution >= 0.6 is 11.5 Å². The van der Waals surface area contributed by atoms with Crippen LogP contribution in [-0.2, 0) is 11.2 Å². The van der Waals surface area contributed by atoms with Crippen molar-refractivity contribution in [2.75, 3.05) is 0 Å². The summed E-state index contributed by atoms with van der Waals surface area (Å²) in [5.74, 6) is -0.497. The fourth-order valence-corrected chi connectivity index (χ4v) is 1.43. The third-order valence-corrected chi connectivity index (χ3v) is 2.36. The van der Waals surface area contributed by atoms with E-state index < -0.39 is 11.9 Å². The number of nitrogens with two attached hydrogens (primary N) is 2. The quantitative estimate of drug-likeness (QED) is 0.646. The van der Waals surface area contributed by atoms with Crippen LogP contribution in [0.15, 0.2) is 0 Å². The maximum absolute atomic E-state index is 10.6. The first-order chi connectivity index (χ1) is 5.61. The Kier molecular flexibility index (Phi) is 2.72. The summed E-state index contributed by atoms with van der Waals surface area (Å²) in [5.41, 5.74) is 11.3. The van der Waals surface area contributed by atoms with Gasteiger partial charge in [0.1, 0.15) is 0 Å². The predicted octanol–water partition coefficient (Wildman–Crippen LogP) is -0.798. The summed E-state index contributed by atoms with van der Waals surface area (Å²) in [7, 11) is 0. The van der Waals surface area contributed by atoms with Crippen molar-refractivity contribution in [1.29, 1.82) is 0 Å². The van der Waals surface area contributed by atoms with Gasteiger partial charge in [-0.05, 0) is 18.5 Å². The molecule has 0 aromatic carbocycles. The molecule has 5 nitrogen and oxygen atoms in total. The molecule has 4 N–H and O–H groups in total. The van der Waals surface area contributed by atoms with Crippen molar-refractivity contribution in [1.82, 2.24) is 9.59 Å². The molecule has 1 rings (SSSR count). The van der Waals surface area contributed by atoms with Crippen LogP contribution in [0.5, 0.6) is 0 Å². The van der Waals surface area contributed by atoms with Crippen molar-refractivity contribution in [3.63, 3.8) is 0 Å². The van der Waals surface area contributed by atoms with Gasteiger partial charge in [-0.1, -0.05) is 4.49 Å². The van der Waals surface area contributed by atoms with Gasteiger partial charge in [0.05, 0.1) is 16.6 Å². The van der Waals surface area contributed by atoms with Gasteiger partial charge < -0.3 is 11.5 Å². The van der Waals surface area contributed by atoms with Crippen molar-refractivity contribution in [3.05, 3.63) is 10.6 Å². The first-order valence-corrected chi connectivity index (χ1v) is 4.21. The van der Waals surface area contributed by atoms with E-state index in [-0.39, 0.29) is 0 Å². The molecule has 0 fully saturated rings. The third kappa shape index (κ3) is 1.99. The molecular weight excluding hydrogens is 176 g/mol. The fraction of sp³-hybridized carbons (Fsp3) is 0.500. The average molecular weight is 186 g/mol. The van der Waals surface area contributed by atoms with Gasteiger partial charge in [-0.3, -0.25) is 4.79 Å². The summed E-state index contributed by atoms with van der Waals surface area (Å²) in [5, 5.41) is 3.79. The summed E-state index contributed by atoms with van der Waals surface area (Å²) >= 11 is 1.25. The number of aryl methyl sites for hydroxylation is 1. The van der Waals surface area contributed by atoms with Gasteiger partial charge in [0.15, 0.2) is 0 Å². The van der Waals surface area contributed by atoms with Crippen LogP contribution in [0.4, 0.5) is 0 Å². The number of aromatic nitrogens is 2. The normalized spacial score (nSPS) is 12.8. The number of amides is 1. The van der Waals surface area contributed by atoms with E-state index in [0.717, 1.165) is 10.6 Å². The van der Waals surface area contributed by atoms with Crippen LogP contribution in [0.2, 0.25) is 0 Å². The first kappa shape index (κ1) is 9.08. The largest absolute Gasteiger partial charge is 0.368 e. The van der Waals surface area contributed by atoms with Crippen molar-refractivity contribution >= 4 is 17.4 Å². The SMILES string of the molecule is Cc1nnsc1CC(N)C(N)=O. The molecule has 0 aliphatic carbocycles. The van der Waals surface area contributed by atoms with Crippen LogP contribution < -0.4 is 11.5 Å². The summed E-state index contributed by atoms with van der Waals surface area (Å²) < 4.78 is 3.72. The molecule has 1 unspecified atom stereocenters. The molecule has 1 aromatic heterocycles. The zero-order valence-electron chi connectivity index (χ0n) is 6.65. The number of nitrogens with zero attached hydrogens (tertiary/aromatic N) is 2. The monoisotopic (exact) mass is 186 g/mol. The lowest BCUT2D eigenvalue weighted by atomic mass is 10.2. The highest BCUT2D eigenvalue weighted by molar-refractivity contribution is 7.05. The lowest BCUT2D eigenvalue weighted by Crippen LogP contribution is -2.38. The first-order valence-electron chi connectivity index (χ1n) is 3.44. The Morgan fingerprint density at radius 1 is 1.75 bits per heavy atom. The van der Waals surface area contributed by atoms with Gasteiger partial charge in [-0.2, -0.15) is 0 Å². The number of rotatable bonds is 3. The van der Waals surface area contributed by atoms with Crippen molar-refractivity contribution in [2.24, 2.45) is 11.5 Å². The van der Waals surface area contributed by atoms with Gasteiger partial charge in [0, 0.05) is 6.42 Å². The van der Waals surface area contributed by atoms with Gasteiger partial charge in [-0.15, -0.1) is 5.10 Å². The van der Waals surface area contributed by atoms with E-state index in [9.17, 15) is 4.79 Å². The molecule has 0 spiro atoms. The summed E-state index contributed by atoms with van der Waals surface area (Å²) in [6.07, 6.45) is 0.429. The Bertz CT molecular complexity index is 285. The summed E-state index contributed by atoms with van der Waals surface area (Å²) in [6, 6.07) is -0.633. The zero-order valence-corrected chi connectivity index (χ0v) is 7.47. The standard InChI is InChI=1S/C6H10N4OS/c1-3-5(12-10-9-3)2-4(7)6(8)11/h4H,2,7H2,1H3,(H2,8,11). The Balaban J connectivity index is 2.64. The van der Waals surface area contributed by atoms with E-state index in [1.807, 2.05) is 6.92 Å². The highest BCUT2D eigenvalue weighted by atomic mass is 32.1. The molecule has 1 aromatic rings. The second-order valence-corrected chi connectivity index (χ2v) is 3.33. The molecule has 12 heavy (non-hydrogen) atoms. The Morgan fingerprint density at radius 2 is 2.42 bits per heavy atom. The van der Waals surface area contributed by atoms with E-state index in [0.29, 0.717) is 6.42 Å². The predicted molar refractivity (Wildman–Crippen MR) is 45.5 cm³/mol. The van der Waals surface area contributed by atoms with Gasteiger partial charge >= 0.3 is 0 Å². The number of hydrogen-bond acceptors (Lipinski definition) is 5. The van der Waals surface area contributed by atoms with Crippen molar-refractivity contribution < 1.29 is 4.79 Å². The lowest BCUT2D eigenvalue weighted by molar-refractivity contribution is -0.119. The minimum Gasteiger partial charge on any atom is -0.368 e. The van der Waals surface area contributed by atoms with Gasteiger partial charge in [0.25, 0.3) is 0 Å². The topological polar surface area (TPSA) is 94.9 Å². The number of hydrogen-bond donors (Lipinski definition) is 2. The van der Waals surface area contributed by atoms with Crippen LogP contribution in [-0.4, -0.2) is 21.5 Å². The van der Waals surface area contributed by atoms with Crippen LogP contribution in [0.25, 0.3) is 0 Å². The van der Waals surface area contributed by atoms with E-state index in [4.69, 9.17) is 11.5 Å². The summed E-state index contributed by atoms with van der Waals surface area (Å²) in [6.45, 7) is 1.83. The van der Waals surface area contributed by atoms with E-state index in [2.05, 4.69) is 9.59 Å². The Morgan fingerprint density at radius 3 is 2.83 bits per heavy atom. The molecule has 66 valence electrons. The van der Waals surface area contributed by atoms with E-state index >= 15 is 0 Å². The third-order valence-electron chi connectivity index (χ3n) is 1.52. The molecule has 0 aliphatic rings. The minimum absolute atomic E-state index is 0.429. The molecule has 1 heterocycles. The number of primary amides is 1. The maximum Gasteiger partial charge on any atom is 0.234 e. The molecule has 0 saturated heterocycles.